The summed E-state index contributed by atoms with van der Waals surface area (Å²) >= 11 is 1.47. The van der Waals surface area contributed by atoms with E-state index in [0.717, 1.165) is 12.2 Å². The summed E-state index contributed by atoms with van der Waals surface area (Å²) in [5.74, 6) is 1.38. The van der Waals surface area contributed by atoms with Crippen LogP contribution in [0.4, 0.5) is 0 Å². The third-order valence-electron chi connectivity index (χ3n) is 1.20. The van der Waals surface area contributed by atoms with Crippen LogP contribution in [0.3, 0.4) is 0 Å². The molecule has 1 aliphatic heterocycles. The first kappa shape index (κ1) is 9.02. The van der Waals surface area contributed by atoms with Gasteiger partial charge in [-0.1, -0.05) is 32.5 Å². The lowest BCUT2D eigenvalue weighted by Crippen LogP contribution is -1.95. The standard InChI is InChI=1S/C5H8OS.C2H6/c1-4-2-3-7-5(4)6;1-2/h4H,2-3H2,1H3;1-2H3. The van der Waals surface area contributed by atoms with Gasteiger partial charge in [0.25, 0.3) is 0 Å². The molecule has 0 amide bonds. The lowest BCUT2D eigenvalue weighted by molar-refractivity contribution is -0.113. The zero-order valence-corrected chi connectivity index (χ0v) is 7.12. The predicted octanol–water partition coefficient (Wildman–Crippen LogP) is 2.31. The summed E-state index contributed by atoms with van der Waals surface area (Å²) in [6.45, 7) is 5.99. The van der Waals surface area contributed by atoms with Crippen LogP contribution in [-0.2, 0) is 4.79 Å². The molecule has 9 heavy (non-hydrogen) atoms. The van der Waals surface area contributed by atoms with Crippen LogP contribution in [0.15, 0.2) is 0 Å². The van der Waals surface area contributed by atoms with Crippen molar-refractivity contribution < 1.29 is 4.79 Å². The van der Waals surface area contributed by atoms with E-state index >= 15 is 0 Å². The highest BCUT2D eigenvalue weighted by Gasteiger charge is 2.19. The maximum atomic E-state index is 10.5. The Bertz CT molecular complexity index is 90.9. The minimum absolute atomic E-state index is 0.338. The fourth-order valence-corrected chi connectivity index (χ4v) is 1.67. The van der Waals surface area contributed by atoms with Crippen LogP contribution in [0, 0.1) is 5.92 Å². The Kier molecular flexibility index (Phi) is 4.87. The minimum atomic E-state index is 0.338. The van der Waals surface area contributed by atoms with Crippen molar-refractivity contribution in [2.45, 2.75) is 27.2 Å². The monoisotopic (exact) mass is 146 g/mol. The van der Waals surface area contributed by atoms with Crippen LogP contribution in [0.1, 0.15) is 27.2 Å². The summed E-state index contributed by atoms with van der Waals surface area (Å²) < 4.78 is 0. The smallest absolute Gasteiger partial charge is 0.191 e. The maximum absolute atomic E-state index is 10.5. The normalized spacial score (nSPS) is 25.2. The van der Waals surface area contributed by atoms with Crippen LogP contribution < -0.4 is 0 Å². The van der Waals surface area contributed by atoms with E-state index in [4.69, 9.17) is 0 Å². The van der Waals surface area contributed by atoms with Crippen LogP contribution in [0.5, 0.6) is 0 Å². The van der Waals surface area contributed by atoms with Gasteiger partial charge in [0.1, 0.15) is 0 Å². The molecule has 54 valence electrons. The summed E-state index contributed by atoms with van der Waals surface area (Å²) in [6.07, 6.45) is 1.09. The molecular weight excluding hydrogens is 132 g/mol. The summed E-state index contributed by atoms with van der Waals surface area (Å²) in [6, 6.07) is 0. The van der Waals surface area contributed by atoms with Gasteiger partial charge in [-0.3, -0.25) is 4.79 Å². The topological polar surface area (TPSA) is 17.1 Å². The Morgan fingerprint density at radius 1 is 1.56 bits per heavy atom. The van der Waals surface area contributed by atoms with Gasteiger partial charge in [0.15, 0.2) is 5.12 Å². The molecule has 0 spiro atoms. The SMILES string of the molecule is CC.CC1CCSC1=O. The second-order valence-corrected chi connectivity index (χ2v) is 2.96. The van der Waals surface area contributed by atoms with Gasteiger partial charge in [-0.25, -0.2) is 0 Å². The third-order valence-corrected chi connectivity index (χ3v) is 2.32. The highest BCUT2D eigenvalue weighted by atomic mass is 32.2. The quantitative estimate of drug-likeness (QED) is 0.521. The molecule has 1 rings (SSSR count). The molecule has 1 unspecified atom stereocenters. The Balaban J connectivity index is 0.000000291. The van der Waals surface area contributed by atoms with Gasteiger partial charge < -0.3 is 0 Å². The first-order valence-corrected chi connectivity index (χ1v) is 4.46. The van der Waals surface area contributed by atoms with Crippen LogP contribution in [0.2, 0.25) is 0 Å². The Labute approximate surface area is 61.2 Å². The van der Waals surface area contributed by atoms with Crippen molar-refractivity contribution in [3.8, 4) is 0 Å². The first-order chi connectivity index (χ1) is 4.30. The van der Waals surface area contributed by atoms with E-state index in [2.05, 4.69) is 0 Å². The van der Waals surface area contributed by atoms with Crippen LogP contribution in [0.25, 0.3) is 0 Å². The molecule has 0 radical (unpaired) electrons. The van der Waals surface area contributed by atoms with Gasteiger partial charge in [0, 0.05) is 11.7 Å². The molecule has 1 nitrogen and oxygen atoms in total. The van der Waals surface area contributed by atoms with E-state index in [1.807, 2.05) is 20.8 Å². The molecule has 0 saturated carbocycles. The second kappa shape index (κ2) is 4.86. The number of thioether (sulfide) groups is 1. The molecule has 1 aliphatic rings. The summed E-state index contributed by atoms with van der Waals surface area (Å²) in [4.78, 5) is 10.5. The molecule has 0 aromatic heterocycles. The zero-order chi connectivity index (χ0) is 7.28. The number of carbonyl (C=O) groups is 1. The van der Waals surface area contributed by atoms with E-state index in [0.29, 0.717) is 11.0 Å². The van der Waals surface area contributed by atoms with E-state index in [9.17, 15) is 4.79 Å². The average molecular weight is 146 g/mol. The van der Waals surface area contributed by atoms with E-state index < -0.39 is 0 Å². The van der Waals surface area contributed by atoms with Gasteiger partial charge in [0.05, 0.1) is 0 Å². The first-order valence-electron chi connectivity index (χ1n) is 3.47. The fraction of sp³-hybridized carbons (Fsp3) is 0.857. The highest BCUT2D eigenvalue weighted by Crippen LogP contribution is 2.24. The predicted molar refractivity (Wildman–Crippen MR) is 42.6 cm³/mol. The lowest BCUT2D eigenvalue weighted by Gasteiger charge is -1.89. The molecule has 1 fully saturated rings. The Morgan fingerprint density at radius 2 is 2.11 bits per heavy atom. The van der Waals surface area contributed by atoms with Gasteiger partial charge in [-0.2, -0.15) is 0 Å². The molecular formula is C7H14OS. The van der Waals surface area contributed by atoms with Gasteiger partial charge >= 0.3 is 0 Å². The molecule has 0 aromatic carbocycles. The number of hydrogen-bond acceptors (Lipinski definition) is 2. The molecule has 0 aliphatic carbocycles. The number of rotatable bonds is 0. The number of hydrogen-bond donors (Lipinski definition) is 0. The Hall–Kier alpha value is 0.0200. The van der Waals surface area contributed by atoms with Crippen molar-refractivity contribution in [3.63, 3.8) is 0 Å². The molecule has 0 aromatic rings. The van der Waals surface area contributed by atoms with Crippen LogP contribution >= 0.6 is 11.8 Å². The lowest BCUT2D eigenvalue weighted by atomic mass is 10.2. The number of carbonyl (C=O) groups excluding carboxylic acids is 1. The van der Waals surface area contributed by atoms with Crippen LogP contribution in [-0.4, -0.2) is 10.9 Å². The summed E-state index contributed by atoms with van der Waals surface area (Å²) in [7, 11) is 0. The molecule has 1 atom stereocenters. The molecule has 0 bridgehead atoms. The van der Waals surface area contributed by atoms with Gasteiger partial charge in [-0.15, -0.1) is 0 Å². The zero-order valence-electron chi connectivity index (χ0n) is 6.31. The second-order valence-electron chi connectivity index (χ2n) is 1.86. The van der Waals surface area contributed by atoms with E-state index in [1.54, 1.807) is 0 Å². The largest absolute Gasteiger partial charge is 0.287 e. The highest BCUT2D eigenvalue weighted by molar-refractivity contribution is 8.14. The van der Waals surface area contributed by atoms with Gasteiger partial charge in [0.2, 0.25) is 0 Å². The molecule has 1 saturated heterocycles. The van der Waals surface area contributed by atoms with Crippen molar-refractivity contribution in [2.75, 3.05) is 5.75 Å². The Morgan fingerprint density at radius 3 is 2.22 bits per heavy atom. The molecule has 2 heteroatoms. The van der Waals surface area contributed by atoms with Crippen molar-refractivity contribution >= 4 is 16.9 Å². The van der Waals surface area contributed by atoms with E-state index in [1.165, 1.54) is 11.8 Å². The van der Waals surface area contributed by atoms with Gasteiger partial charge in [-0.05, 0) is 6.42 Å². The van der Waals surface area contributed by atoms with Crippen molar-refractivity contribution in [1.82, 2.24) is 0 Å². The average Bonchev–Trinajstić information content (AvgIpc) is 2.23. The van der Waals surface area contributed by atoms with E-state index in [-0.39, 0.29) is 0 Å². The maximum Gasteiger partial charge on any atom is 0.191 e. The minimum Gasteiger partial charge on any atom is -0.287 e. The van der Waals surface area contributed by atoms with Crippen molar-refractivity contribution in [3.05, 3.63) is 0 Å². The van der Waals surface area contributed by atoms with Crippen molar-refractivity contribution in [1.29, 1.82) is 0 Å². The summed E-state index contributed by atoms with van der Waals surface area (Å²) in [5, 5.41) is 0.375. The molecule has 1 heterocycles. The molecule has 0 N–H and O–H groups in total. The van der Waals surface area contributed by atoms with Crippen molar-refractivity contribution in [2.24, 2.45) is 5.92 Å². The third kappa shape index (κ3) is 2.89. The summed E-state index contributed by atoms with van der Waals surface area (Å²) in [5.41, 5.74) is 0. The fourth-order valence-electron chi connectivity index (χ4n) is 0.596.